The van der Waals surface area contributed by atoms with E-state index in [2.05, 4.69) is 16.7 Å². The number of hydrogen-bond donors (Lipinski definition) is 0. The lowest BCUT2D eigenvalue weighted by Gasteiger charge is -2.34. The van der Waals surface area contributed by atoms with Gasteiger partial charge >= 0.3 is 0 Å². The predicted molar refractivity (Wildman–Crippen MR) is 131 cm³/mol. The van der Waals surface area contributed by atoms with Crippen molar-refractivity contribution in [3.05, 3.63) is 78.1 Å². The third kappa shape index (κ3) is 4.22. The summed E-state index contributed by atoms with van der Waals surface area (Å²) in [6.45, 7) is 1.59. The quantitative estimate of drug-likeness (QED) is 0.393. The fourth-order valence-corrected chi connectivity index (χ4v) is 5.11. The molecular weight excluding hydrogens is 445 g/mol. The summed E-state index contributed by atoms with van der Waals surface area (Å²) >= 11 is 0. The Kier molecular flexibility index (Phi) is 5.60. The number of hydrogen-bond acceptors (Lipinski definition) is 4. The monoisotopic (exact) mass is 471 g/mol. The van der Waals surface area contributed by atoms with Gasteiger partial charge in [0.15, 0.2) is 11.5 Å². The fourth-order valence-electron chi connectivity index (χ4n) is 5.11. The second-order valence-electron chi connectivity index (χ2n) is 9.10. The number of aryl methyl sites for hydroxylation is 1. The molecule has 0 saturated carbocycles. The van der Waals surface area contributed by atoms with Gasteiger partial charge in [-0.05, 0) is 55.2 Å². The van der Waals surface area contributed by atoms with Gasteiger partial charge in [-0.15, -0.1) is 0 Å². The number of rotatable bonds is 5. The van der Waals surface area contributed by atoms with Crippen LogP contribution in [0.3, 0.4) is 0 Å². The average Bonchev–Trinajstić information content (AvgIpc) is 3.52. The molecule has 0 aliphatic carbocycles. The largest absolute Gasteiger partial charge is 0.454 e. The molecule has 35 heavy (non-hydrogen) atoms. The molecule has 1 saturated heterocycles. The molecular formula is C28H26FN3O3. The summed E-state index contributed by atoms with van der Waals surface area (Å²) in [5, 5.41) is 0. The first-order valence-electron chi connectivity index (χ1n) is 12.0. The van der Waals surface area contributed by atoms with Crippen LogP contribution in [0.25, 0.3) is 22.4 Å². The van der Waals surface area contributed by atoms with Gasteiger partial charge in [0.2, 0.25) is 12.7 Å². The highest BCUT2D eigenvalue weighted by Crippen LogP contribution is 2.39. The SMILES string of the molecule is O=C(CCc1ccccc1)N1CCC(n2c(-c3ccc4c(c3)OCO4)nc3cc(F)ccc32)CC1. The molecule has 6 rings (SSSR count). The average molecular weight is 472 g/mol. The van der Waals surface area contributed by atoms with Gasteiger partial charge in [0.25, 0.3) is 0 Å². The molecule has 4 aromatic rings. The molecule has 0 bridgehead atoms. The van der Waals surface area contributed by atoms with Crippen LogP contribution in [0.1, 0.15) is 30.9 Å². The van der Waals surface area contributed by atoms with Crippen molar-refractivity contribution in [3.8, 4) is 22.9 Å². The number of benzene rings is 3. The summed E-state index contributed by atoms with van der Waals surface area (Å²) in [5.41, 5.74) is 3.60. The van der Waals surface area contributed by atoms with Gasteiger partial charge in [0, 0.05) is 37.2 Å². The number of amides is 1. The van der Waals surface area contributed by atoms with Crippen molar-refractivity contribution in [1.29, 1.82) is 0 Å². The molecule has 0 atom stereocenters. The minimum atomic E-state index is -0.307. The van der Waals surface area contributed by atoms with Crippen molar-refractivity contribution >= 4 is 16.9 Å². The Labute approximate surface area is 202 Å². The number of fused-ring (bicyclic) bond motifs is 2. The van der Waals surface area contributed by atoms with Crippen LogP contribution in [0.5, 0.6) is 11.5 Å². The van der Waals surface area contributed by atoms with Crippen LogP contribution in [0, 0.1) is 5.82 Å². The summed E-state index contributed by atoms with van der Waals surface area (Å²) in [7, 11) is 0. The molecule has 3 aromatic carbocycles. The number of carbonyl (C=O) groups is 1. The van der Waals surface area contributed by atoms with Crippen LogP contribution < -0.4 is 9.47 Å². The van der Waals surface area contributed by atoms with E-state index >= 15 is 0 Å². The summed E-state index contributed by atoms with van der Waals surface area (Å²) in [4.78, 5) is 19.6. The number of likely N-dealkylation sites (tertiary alicyclic amines) is 1. The number of nitrogens with zero attached hydrogens (tertiary/aromatic N) is 3. The molecule has 0 unspecified atom stereocenters. The molecule has 1 amide bonds. The van der Waals surface area contributed by atoms with Gasteiger partial charge < -0.3 is 18.9 Å². The Hall–Kier alpha value is -3.87. The number of aromatic nitrogens is 2. The zero-order valence-electron chi connectivity index (χ0n) is 19.3. The van der Waals surface area contributed by atoms with Crippen LogP contribution in [-0.4, -0.2) is 40.2 Å². The van der Waals surface area contributed by atoms with Crippen LogP contribution in [0.4, 0.5) is 4.39 Å². The standard InChI is InChI=1S/C28H26FN3O3/c29-21-8-9-24-23(17-21)30-28(20-7-10-25-26(16-20)35-18-34-25)32(24)22-12-14-31(15-13-22)27(33)11-6-19-4-2-1-3-5-19/h1-5,7-10,16-17,22H,6,11-15,18H2. The summed E-state index contributed by atoms with van der Waals surface area (Å²) in [5.74, 6) is 2.06. The number of halogens is 1. The summed E-state index contributed by atoms with van der Waals surface area (Å²) in [6.07, 6.45) is 2.91. The van der Waals surface area contributed by atoms with E-state index in [0.717, 1.165) is 36.2 Å². The van der Waals surface area contributed by atoms with Crippen molar-refractivity contribution in [3.63, 3.8) is 0 Å². The Morgan fingerprint density at radius 2 is 1.77 bits per heavy atom. The van der Waals surface area contributed by atoms with Gasteiger partial charge in [0.1, 0.15) is 11.6 Å². The Bertz CT molecular complexity index is 1380. The Balaban J connectivity index is 1.24. The molecule has 1 aromatic heterocycles. The van der Waals surface area contributed by atoms with E-state index in [0.29, 0.717) is 36.5 Å². The lowest BCUT2D eigenvalue weighted by atomic mass is 10.0. The molecule has 2 aliphatic heterocycles. The van der Waals surface area contributed by atoms with Crippen LogP contribution in [-0.2, 0) is 11.2 Å². The van der Waals surface area contributed by atoms with E-state index in [1.807, 2.05) is 41.3 Å². The third-order valence-electron chi connectivity index (χ3n) is 6.94. The second-order valence-corrected chi connectivity index (χ2v) is 9.10. The van der Waals surface area contributed by atoms with Crippen molar-refractivity contribution < 1.29 is 18.7 Å². The van der Waals surface area contributed by atoms with Crippen molar-refractivity contribution in [2.24, 2.45) is 0 Å². The van der Waals surface area contributed by atoms with Gasteiger partial charge in [-0.25, -0.2) is 9.37 Å². The first kappa shape index (κ1) is 21.6. The van der Waals surface area contributed by atoms with E-state index in [9.17, 15) is 9.18 Å². The van der Waals surface area contributed by atoms with E-state index < -0.39 is 0 Å². The molecule has 1 fully saturated rings. The maximum atomic E-state index is 14.0. The highest BCUT2D eigenvalue weighted by atomic mass is 19.1. The second kappa shape index (κ2) is 9.06. The topological polar surface area (TPSA) is 56.6 Å². The lowest BCUT2D eigenvalue weighted by Crippen LogP contribution is -2.39. The van der Waals surface area contributed by atoms with Crippen LogP contribution in [0.2, 0.25) is 0 Å². The Morgan fingerprint density at radius 3 is 2.60 bits per heavy atom. The van der Waals surface area contributed by atoms with Crippen molar-refractivity contribution in [2.45, 2.75) is 31.7 Å². The summed E-state index contributed by atoms with van der Waals surface area (Å²) in [6, 6.07) is 20.8. The molecule has 6 nitrogen and oxygen atoms in total. The van der Waals surface area contributed by atoms with E-state index in [-0.39, 0.29) is 24.6 Å². The number of carbonyl (C=O) groups excluding carboxylic acids is 1. The first-order chi connectivity index (χ1) is 17.2. The van der Waals surface area contributed by atoms with Gasteiger partial charge in [-0.3, -0.25) is 4.79 Å². The highest BCUT2D eigenvalue weighted by Gasteiger charge is 2.28. The zero-order chi connectivity index (χ0) is 23.8. The normalized spacial score (nSPS) is 15.6. The van der Waals surface area contributed by atoms with Gasteiger partial charge in [-0.1, -0.05) is 30.3 Å². The Morgan fingerprint density at radius 1 is 0.971 bits per heavy atom. The molecule has 178 valence electrons. The number of ether oxygens (including phenoxy) is 2. The number of piperidine rings is 1. The molecule has 0 radical (unpaired) electrons. The van der Waals surface area contributed by atoms with Gasteiger partial charge in [0.05, 0.1) is 11.0 Å². The lowest BCUT2D eigenvalue weighted by molar-refractivity contribution is -0.132. The fraction of sp³-hybridized carbons (Fsp3) is 0.286. The first-order valence-corrected chi connectivity index (χ1v) is 12.0. The maximum Gasteiger partial charge on any atom is 0.231 e. The highest BCUT2D eigenvalue weighted by molar-refractivity contribution is 5.81. The van der Waals surface area contributed by atoms with Crippen molar-refractivity contribution in [1.82, 2.24) is 14.5 Å². The molecule has 2 aliphatic rings. The number of imidazole rings is 1. The predicted octanol–water partition coefficient (Wildman–Crippen LogP) is 5.37. The smallest absolute Gasteiger partial charge is 0.231 e. The molecule has 7 heteroatoms. The molecule has 0 spiro atoms. The zero-order valence-corrected chi connectivity index (χ0v) is 19.3. The van der Waals surface area contributed by atoms with Crippen LogP contribution in [0.15, 0.2) is 66.7 Å². The molecule has 0 N–H and O–H groups in total. The van der Waals surface area contributed by atoms with Crippen LogP contribution >= 0.6 is 0 Å². The third-order valence-corrected chi connectivity index (χ3v) is 6.94. The molecule has 3 heterocycles. The minimum Gasteiger partial charge on any atom is -0.454 e. The summed E-state index contributed by atoms with van der Waals surface area (Å²) < 4.78 is 27.2. The maximum absolute atomic E-state index is 14.0. The van der Waals surface area contributed by atoms with Gasteiger partial charge in [-0.2, -0.15) is 0 Å². The minimum absolute atomic E-state index is 0.157. The van der Waals surface area contributed by atoms with E-state index in [4.69, 9.17) is 14.5 Å². The van der Waals surface area contributed by atoms with Crippen molar-refractivity contribution in [2.75, 3.05) is 19.9 Å². The van der Waals surface area contributed by atoms with E-state index in [1.54, 1.807) is 6.07 Å². The van der Waals surface area contributed by atoms with E-state index in [1.165, 1.54) is 17.7 Å².